The molecular weight excluding hydrogens is 314 g/mol. The summed E-state index contributed by atoms with van der Waals surface area (Å²) < 4.78 is 31.8. The number of hydrogen-bond donors (Lipinski definition) is 2. The fourth-order valence-corrected chi connectivity index (χ4v) is 2.89. The first-order valence-electron chi connectivity index (χ1n) is 6.98. The zero-order valence-electron chi connectivity index (χ0n) is 12.4. The summed E-state index contributed by atoms with van der Waals surface area (Å²) in [7, 11) is -3.59. The van der Waals surface area contributed by atoms with Crippen molar-refractivity contribution < 1.29 is 13.2 Å². The van der Waals surface area contributed by atoms with E-state index in [4.69, 9.17) is 16.3 Å². The summed E-state index contributed by atoms with van der Waals surface area (Å²) >= 11 is 6.04. The topological polar surface area (TPSA) is 80.3 Å². The van der Waals surface area contributed by atoms with E-state index < -0.39 is 10.0 Å². The Bertz CT molecular complexity index is 537. The number of nitrogens with one attached hydrogen (secondary N) is 2. The standard InChI is InChI=1S/C13H22ClN3O3S/c1-3-6-15-13-12(14)9-11(10-16-13)21(18,19)17-7-5-8-20-4-2/h9-10,17H,3-8H2,1-2H3,(H,15,16). The predicted molar refractivity (Wildman–Crippen MR) is 84.3 cm³/mol. The first kappa shape index (κ1) is 18.2. The van der Waals surface area contributed by atoms with Crippen molar-refractivity contribution in [3.8, 4) is 0 Å². The summed E-state index contributed by atoms with van der Waals surface area (Å²) in [6, 6.07) is 1.40. The van der Waals surface area contributed by atoms with Gasteiger partial charge in [0.15, 0.2) is 0 Å². The van der Waals surface area contributed by atoms with Crippen molar-refractivity contribution in [2.75, 3.05) is 31.6 Å². The molecule has 0 fully saturated rings. The van der Waals surface area contributed by atoms with E-state index in [9.17, 15) is 8.42 Å². The van der Waals surface area contributed by atoms with Gasteiger partial charge in [-0.15, -0.1) is 0 Å². The molecule has 0 aliphatic rings. The number of ether oxygens (including phenoxy) is 1. The van der Waals surface area contributed by atoms with Crippen LogP contribution in [0.3, 0.4) is 0 Å². The Morgan fingerprint density at radius 2 is 2.10 bits per heavy atom. The fourth-order valence-electron chi connectivity index (χ4n) is 1.55. The van der Waals surface area contributed by atoms with E-state index in [1.807, 2.05) is 13.8 Å². The number of halogens is 1. The van der Waals surface area contributed by atoms with Gasteiger partial charge in [-0.05, 0) is 25.8 Å². The Morgan fingerprint density at radius 3 is 2.71 bits per heavy atom. The summed E-state index contributed by atoms with van der Waals surface area (Å²) in [4.78, 5) is 4.11. The highest BCUT2D eigenvalue weighted by molar-refractivity contribution is 7.89. The van der Waals surface area contributed by atoms with Gasteiger partial charge in [-0.1, -0.05) is 18.5 Å². The molecule has 0 atom stereocenters. The molecule has 0 unspecified atom stereocenters. The highest BCUT2D eigenvalue weighted by Gasteiger charge is 2.16. The molecule has 0 amide bonds. The SMILES string of the molecule is CCCNc1ncc(S(=O)(=O)NCCCOCC)cc1Cl. The third-order valence-corrected chi connectivity index (χ3v) is 4.35. The minimum atomic E-state index is -3.59. The van der Waals surface area contributed by atoms with E-state index in [1.165, 1.54) is 12.3 Å². The van der Waals surface area contributed by atoms with Crippen molar-refractivity contribution in [3.63, 3.8) is 0 Å². The van der Waals surface area contributed by atoms with Crippen LogP contribution in [0.5, 0.6) is 0 Å². The molecule has 0 spiro atoms. The summed E-state index contributed by atoms with van der Waals surface area (Å²) in [6.45, 7) is 6.11. The van der Waals surface area contributed by atoms with Gasteiger partial charge in [-0.3, -0.25) is 0 Å². The molecule has 0 saturated carbocycles. The molecule has 0 radical (unpaired) electrons. The van der Waals surface area contributed by atoms with Crippen molar-refractivity contribution in [1.29, 1.82) is 0 Å². The molecule has 1 aromatic rings. The molecule has 21 heavy (non-hydrogen) atoms. The number of pyridine rings is 1. The van der Waals surface area contributed by atoms with Gasteiger partial charge in [0.05, 0.1) is 5.02 Å². The van der Waals surface area contributed by atoms with Gasteiger partial charge < -0.3 is 10.1 Å². The van der Waals surface area contributed by atoms with Crippen LogP contribution in [0.1, 0.15) is 26.7 Å². The average Bonchev–Trinajstić information content (AvgIpc) is 2.45. The summed E-state index contributed by atoms with van der Waals surface area (Å²) in [5, 5.41) is 3.33. The normalized spacial score (nSPS) is 11.6. The lowest BCUT2D eigenvalue weighted by Crippen LogP contribution is -2.25. The molecule has 0 saturated heterocycles. The lowest BCUT2D eigenvalue weighted by atomic mass is 10.4. The zero-order valence-corrected chi connectivity index (χ0v) is 13.9. The highest BCUT2D eigenvalue weighted by Crippen LogP contribution is 2.22. The number of anilines is 1. The second-order valence-electron chi connectivity index (χ2n) is 4.38. The highest BCUT2D eigenvalue weighted by atomic mass is 35.5. The summed E-state index contributed by atoms with van der Waals surface area (Å²) in [5.41, 5.74) is 0. The van der Waals surface area contributed by atoms with E-state index in [-0.39, 0.29) is 4.90 Å². The lowest BCUT2D eigenvalue weighted by molar-refractivity contribution is 0.146. The maximum Gasteiger partial charge on any atom is 0.242 e. The number of nitrogens with zero attached hydrogens (tertiary/aromatic N) is 1. The van der Waals surface area contributed by atoms with Crippen molar-refractivity contribution in [3.05, 3.63) is 17.3 Å². The molecule has 6 nitrogen and oxygen atoms in total. The largest absolute Gasteiger partial charge is 0.382 e. The van der Waals surface area contributed by atoms with Crippen LogP contribution in [-0.4, -0.2) is 39.7 Å². The maximum atomic E-state index is 12.1. The van der Waals surface area contributed by atoms with Gasteiger partial charge in [0, 0.05) is 32.5 Å². The average molecular weight is 336 g/mol. The number of rotatable bonds is 10. The van der Waals surface area contributed by atoms with Crippen LogP contribution < -0.4 is 10.0 Å². The van der Waals surface area contributed by atoms with Gasteiger partial charge in [0.1, 0.15) is 10.7 Å². The van der Waals surface area contributed by atoms with E-state index in [0.717, 1.165) is 13.0 Å². The zero-order chi connectivity index (χ0) is 15.7. The van der Waals surface area contributed by atoms with E-state index >= 15 is 0 Å². The van der Waals surface area contributed by atoms with E-state index in [0.29, 0.717) is 37.0 Å². The van der Waals surface area contributed by atoms with Crippen molar-refractivity contribution in [2.24, 2.45) is 0 Å². The van der Waals surface area contributed by atoms with Crippen LogP contribution >= 0.6 is 11.6 Å². The maximum absolute atomic E-state index is 12.1. The first-order valence-corrected chi connectivity index (χ1v) is 8.84. The summed E-state index contributed by atoms with van der Waals surface area (Å²) in [5.74, 6) is 0.494. The van der Waals surface area contributed by atoms with Crippen molar-refractivity contribution >= 4 is 27.4 Å². The van der Waals surface area contributed by atoms with Crippen LogP contribution in [0.25, 0.3) is 0 Å². The van der Waals surface area contributed by atoms with E-state index in [1.54, 1.807) is 0 Å². The minimum Gasteiger partial charge on any atom is -0.382 e. The molecule has 1 heterocycles. The molecule has 1 aromatic heterocycles. The van der Waals surface area contributed by atoms with Gasteiger partial charge in [-0.25, -0.2) is 18.1 Å². The quantitative estimate of drug-likeness (QED) is 0.641. The van der Waals surface area contributed by atoms with Crippen LogP contribution in [-0.2, 0) is 14.8 Å². The van der Waals surface area contributed by atoms with Crippen LogP contribution in [0.2, 0.25) is 5.02 Å². The minimum absolute atomic E-state index is 0.0611. The third-order valence-electron chi connectivity index (χ3n) is 2.63. The molecule has 2 N–H and O–H groups in total. The molecule has 0 aromatic carbocycles. The third kappa shape index (κ3) is 6.17. The molecule has 0 aliphatic carbocycles. The Labute approximate surface area is 131 Å². The number of aromatic nitrogens is 1. The smallest absolute Gasteiger partial charge is 0.242 e. The van der Waals surface area contributed by atoms with Crippen molar-refractivity contribution in [1.82, 2.24) is 9.71 Å². The Kier molecular flexibility index (Phi) is 7.95. The lowest BCUT2D eigenvalue weighted by Gasteiger charge is -2.09. The number of hydrogen-bond acceptors (Lipinski definition) is 5. The predicted octanol–water partition coefficient (Wildman–Crippen LogP) is 2.26. The number of sulfonamides is 1. The van der Waals surface area contributed by atoms with E-state index in [2.05, 4.69) is 15.0 Å². The van der Waals surface area contributed by atoms with Gasteiger partial charge in [0.2, 0.25) is 10.0 Å². The van der Waals surface area contributed by atoms with Gasteiger partial charge >= 0.3 is 0 Å². The summed E-state index contributed by atoms with van der Waals surface area (Å²) in [6.07, 6.45) is 2.85. The van der Waals surface area contributed by atoms with Crippen molar-refractivity contribution in [2.45, 2.75) is 31.6 Å². The van der Waals surface area contributed by atoms with Crippen LogP contribution in [0.15, 0.2) is 17.2 Å². The fraction of sp³-hybridized carbons (Fsp3) is 0.615. The van der Waals surface area contributed by atoms with Gasteiger partial charge in [-0.2, -0.15) is 0 Å². The van der Waals surface area contributed by atoms with Crippen LogP contribution in [0, 0.1) is 0 Å². The second kappa shape index (κ2) is 9.19. The van der Waals surface area contributed by atoms with Crippen LogP contribution in [0.4, 0.5) is 5.82 Å². The second-order valence-corrected chi connectivity index (χ2v) is 6.55. The monoisotopic (exact) mass is 335 g/mol. The van der Waals surface area contributed by atoms with Gasteiger partial charge in [0.25, 0.3) is 0 Å². The Morgan fingerprint density at radius 1 is 1.33 bits per heavy atom. The molecule has 0 aliphatic heterocycles. The Balaban J connectivity index is 2.64. The Hall–Kier alpha value is -0.890. The molecule has 0 bridgehead atoms. The molecule has 1 rings (SSSR count). The first-order chi connectivity index (χ1) is 10.0. The molecular formula is C13H22ClN3O3S. The molecule has 8 heteroatoms. The molecule has 120 valence electrons.